The standard InChI is InChI=1S/C10H12N4O3S/c11-6-8-7-14(4-5-17-8)18(15,16)10-9(12)2-1-3-13-10/h1-3,8H,4-5,7,12H2. The van der Waals surface area contributed by atoms with Crippen LogP contribution in [-0.4, -0.2) is 43.5 Å². The van der Waals surface area contributed by atoms with Gasteiger partial charge in [0.05, 0.1) is 24.9 Å². The SMILES string of the molecule is N#CC1CN(S(=O)(=O)c2ncccc2N)CCO1. The Hall–Kier alpha value is -1.69. The number of aromatic nitrogens is 1. The number of pyridine rings is 1. The van der Waals surface area contributed by atoms with E-state index in [-0.39, 0.29) is 30.4 Å². The van der Waals surface area contributed by atoms with Gasteiger partial charge in [-0.15, -0.1) is 0 Å². The average molecular weight is 268 g/mol. The van der Waals surface area contributed by atoms with E-state index in [0.29, 0.717) is 0 Å². The summed E-state index contributed by atoms with van der Waals surface area (Å²) in [4.78, 5) is 3.80. The number of nitrogens with two attached hydrogens (primary N) is 1. The van der Waals surface area contributed by atoms with Crippen molar-refractivity contribution in [2.24, 2.45) is 0 Å². The van der Waals surface area contributed by atoms with Crippen LogP contribution in [-0.2, 0) is 14.8 Å². The number of ether oxygens (including phenoxy) is 1. The maximum absolute atomic E-state index is 12.3. The Morgan fingerprint density at radius 1 is 1.61 bits per heavy atom. The van der Waals surface area contributed by atoms with Crippen molar-refractivity contribution in [2.45, 2.75) is 11.1 Å². The minimum Gasteiger partial charge on any atom is -0.396 e. The van der Waals surface area contributed by atoms with Gasteiger partial charge in [0, 0.05) is 12.7 Å². The van der Waals surface area contributed by atoms with Crippen molar-refractivity contribution in [2.75, 3.05) is 25.4 Å². The third-order valence-electron chi connectivity index (χ3n) is 2.56. The Morgan fingerprint density at radius 3 is 3.06 bits per heavy atom. The smallest absolute Gasteiger partial charge is 0.262 e. The molecular formula is C10H12N4O3S. The molecule has 2 rings (SSSR count). The zero-order valence-corrected chi connectivity index (χ0v) is 10.3. The van der Waals surface area contributed by atoms with Crippen LogP contribution in [0, 0.1) is 11.3 Å². The van der Waals surface area contributed by atoms with Crippen LogP contribution in [0.25, 0.3) is 0 Å². The van der Waals surface area contributed by atoms with E-state index < -0.39 is 16.1 Å². The molecule has 1 aromatic heterocycles. The first kappa shape index (κ1) is 12.8. The Bertz CT molecular complexity index is 581. The lowest BCUT2D eigenvalue weighted by Gasteiger charge is -2.28. The highest BCUT2D eigenvalue weighted by Gasteiger charge is 2.32. The Labute approximate surface area is 105 Å². The van der Waals surface area contributed by atoms with E-state index >= 15 is 0 Å². The molecule has 0 spiro atoms. The van der Waals surface area contributed by atoms with Gasteiger partial charge in [-0.1, -0.05) is 0 Å². The van der Waals surface area contributed by atoms with Gasteiger partial charge in [-0.25, -0.2) is 13.4 Å². The summed E-state index contributed by atoms with van der Waals surface area (Å²) in [6.45, 7) is 0.371. The lowest BCUT2D eigenvalue weighted by atomic mass is 10.3. The molecule has 1 atom stereocenters. The molecule has 1 unspecified atom stereocenters. The van der Waals surface area contributed by atoms with Gasteiger partial charge < -0.3 is 10.5 Å². The summed E-state index contributed by atoms with van der Waals surface area (Å²) in [6.07, 6.45) is 0.615. The first-order valence-electron chi connectivity index (χ1n) is 5.27. The summed E-state index contributed by atoms with van der Waals surface area (Å²) < 4.78 is 30.8. The van der Waals surface area contributed by atoms with Crippen molar-refractivity contribution >= 4 is 15.7 Å². The molecule has 1 saturated heterocycles. The lowest BCUT2D eigenvalue weighted by molar-refractivity contribution is 0.0311. The second kappa shape index (κ2) is 4.89. The molecular weight excluding hydrogens is 256 g/mol. The normalized spacial score (nSPS) is 21.4. The number of hydrogen-bond acceptors (Lipinski definition) is 6. The van der Waals surface area contributed by atoms with E-state index in [2.05, 4.69) is 4.98 Å². The fourth-order valence-electron chi connectivity index (χ4n) is 1.66. The Kier molecular flexibility index (Phi) is 3.47. The van der Waals surface area contributed by atoms with Gasteiger partial charge in [0.1, 0.15) is 0 Å². The highest BCUT2D eigenvalue weighted by atomic mass is 32.2. The molecule has 7 nitrogen and oxygen atoms in total. The number of anilines is 1. The van der Waals surface area contributed by atoms with Gasteiger partial charge in [-0.2, -0.15) is 9.57 Å². The van der Waals surface area contributed by atoms with E-state index in [0.717, 1.165) is 0 Å². The van der Waals surface area contributed by atoms with Crippen LogP contribution in [0.1, 0.15) is 0 Å². The van der Waals surface area contributed by atoms with Crippen LogP contribution in [0.15, 0.2) is 23.4 Å². The molecule has 0 aromatic carbocycles. The van der Waals surface area contributed by atoms with Gasteiger partial charge in [-0.05, 0) is 12.1 Å². The zero-order valence-electron chi connectivity index (χ0n) is 9.48. The quantitative estimate of drug-likeness (QED) is 0.780. The van der Waals surface area contributed by atoms with E-state index in [1.807, 2.05) is 6.07 Å². The molecule has 2 N–H and O–H groups in total. The third-order valence-corrected chi connectivity index (χ3v) is 4.40. The molecule has 0 aliphatic carbocycles. The molecule has 96 valence electrons. The Morgan fingerprint density at radius 2 is 2.39 bits per heavy atom. The second-order valence-electron chi connectivity index (χ2n) is 3.75. The number of nitrogens with zero attached hydrogens (tertiary/aromatic N) is 3. The first-order chi connectivity index (χ1) is 8.55. The molecule has 2 heterocycles. The van der Waals surface area contributed by atoms with Gasteiger partial charge in [0.25, 0.3) is 10.0 Å². The predicted molar refractivity (Wildman–Crippen MR) is 62.8 cm³/mol. The highest BCUT2D eigenvalue weighted by molar-refractivity contribution is 7.89. The number of hydrogen-bond donors (Lipinski definition) is 1. The van der Waals surface area contributed by atoms with Crippen molar-refractivity contribution in [3.8, 4) is 6.07 Å². The van der Waals surface area contributed by atoms with Gasteiger partial charge in [-0.3, -0.25) is 0 Å². The predicted octanol–water partition coefficient (Wildman–Crippen LogP) is -0.423. The summed E-state index contributed by atoms with van der Waals surface area (Å²) in [5.41, 5.74) is 5.71. The summed E-state index contributed by atoms with van der Waals surface area (Å²) in [5.74, 6) is 0. The second-order valence-corrected chi connectivity index (χ2v) is 5.60. The molecule has 1 aromatic rings. The zero-order chi connectivity index (χ0) is 13.2. The van der Waals surface area contributed by atoms with Gasteiger partial charge in [0.2, 0.25) is 0 Å². The summed E-state index contributed by atoms with van der Waals surface area (Å²) in [7, 11) is -3.77. The summed E-state index contributed by atoms with van der Waals surface area (Å²) >= 11 is 0. The van der Waals surface area contributed by atoms with Crippen LogP contribution in [0.2, 0.25) is 0 Å². The molecule has 0 amide bonds. The van der Waals surface area contributed by atoms with Crippen LogP contribution >= 0.6 is 0 Å². The maximum atomic E-state index is 12.3. The molecule has 0 bridgehead atoms. The first-order valence-corrected chi connectivity index (χ1v) is 6.71. The fourth-order valence-corrected chi connectivity index (χ4v) is 3.11. The van der Waals surface area contributed by atoms with Crippen molar-refractivity contribution in [1.82, 2.24) is 9.29 Å². The number of nitriles is 1. The van der Waals surface area contributed by atoms with Crippen LogP contribution in [0.3, 0.4) is 0 Å². The molecule has 1 fully saturated rings. The van der Waals surface area contributed by atoms with Crippen LogP contribution in [0.5, 0.6) is 0 Å². The third kappa shape index (κ3) is 2.28. The Balaban J connectivity index is 2.32. The van der Waals surface area contributed by atoms with Crippen molar-refractivity contribution < 1.29 is 13.2 Å². The number of nitrogen functional groups attached to an aromatic ring is 1. The lowest BCUT2D eigenvalue weighted by Crippen LogP contribution is -2.45. The monoisotopic (exact) mass is 268 g/mol. The molecule has 1 aliphatic rings. The number of morpholine rings is 1. The molecule has 1 aliphatic heterocycles. The van der Waals surface area contributed by atoms with Gasteiger partial charge in [0.15, 0.2) is 11.1 Å². The van der Waals surface area contributed by atoms with E-state index in [4.69, 9.17) is 15.7 Å². The molecule has 0 saturated carbocycles. The van der Waals surface area contributed by atoms with E-state index in [1.54, 1.807) is 6.07 Å². The van der Waals surface area contributed by atoms with E-state index in [1.165, 1.54) is 16.6 Å². The molecule has 18 heavy (non-hydrogen) atoms. The van der Waals surface area contributed by atoms with Crippen LogP contribution < -0.4 is 5.73 Å². The fraction of sp³-hybridized carbons (Fsp3) is 0.400. The largest absolute Gasteiger partial charge is 0.396 e. The van der Waals surface area contributed by atoms with E-state index in [9.17, 15) is 8.42 Å². The maximum Gasteiger partial charge on any atom is 0.262 e. The van der Waals surface area contributed by atoms with Gasteiger partial charge >= 0.3 is 0 Å². The average Bonchev–Trinajstić information content (AvgIpc) is 2.39. The van der Waals surface area contributed by atoms with Crippen molar-refractivity contribution in [1.29, 1.82) is 5.26 Å². The van der Waals surface area contributed by atoms with Crippen molar-refractivity contribution in [3.63, 3.8) is 0 Å². The topological polar surface area (TPSA) is 109 Å². The molecule has 8 heteroatoms. The molecule has 0 radical (unpaired) electrons. The number of rotatable bonds is 2. The highest BCUT2D eigenvalue weighted by Crippen LogP contribution is 2.21. The number of sulfonamides is 1. The summed E-state index contributed by atoms with van der Waals surface area (Å²) in [6, 6.07) is 4.93. The minimum atomic E-state index is -3.77. The van der Waals surface area contributed by atoms with Crippen LogP contribution in [0.4, 0.5) is 5.69 Å². The van der Waals surface area contributed by atoms with Crippen molar-refractivity contribution in [3.05, 3.63) is 18.3 Å². The minimum absolute atomic E-state index is 0.00511. The summed E-state index contributed by atoms with van der Waals surface area (Å²) in [5, 5.41) is 8.59.